The van der Waals surface area contributed by atoms with Crippen LogP contribution in [0.4, 0.5) is 0 Å². The van der Waals surface area contributed by atoms with Gasteiger partial charge in [0, 0.05) is 31.0 Å². The minimum atomic E-state index is -0.0718. The molecule has 0 aliphatic rings. The fraction of sp³-hybridized carbons (Fsp3) is 0.200. The normalized spacial score (nSPS) is 10.7. The van der Waals surface area contributed by atoms with E-state index in [0.29, 0.717) is 29.4 Å². The van der Waals surface area contributed by atoms with Crippen molar-refractivity contribution in [1.82, 2.24) is 24.6 Å². The summed E-state index contributed by atoms with van der Waals surface area (Å²) in [5, 5.41) is 7.71. The van der Waals surface area contributed by atoms with Crippen molar-refractivity contribution >= 4 is 18.1 Å². The zero-order chi connectivity index (χ0) is 23.2. The second-order valence-corrected chi connectivity index (χ2v) is 7.95. The van der Waals surface area contributed by atoms with E-state index in [1.807, 2.05) is 72.2 Å². The molecule has 168 valence electrons. The second-order valence-electron chi connectivity index (χ2n) is 7.58. The third-order valence-corrected chi connectivity index (χ3v) is 5.66. The van der Waals surface area contributed by atoms with Gasteiger partial charge in [-0.2, -0.15) is 5.10 Å². The van der Waals surface area contributed by atoms with Gasteiger partial charge in [-0.3, -0.25) is 14.3 Å². The largest absolute Gasteiger partial charge is 0.496 e. The smallest absolute Gasteiger partial charge is 0.222 e. The summed E-state index contributed by atoms with van der Waals surface area (Å²) in [4.78, 5) is 16.4. The Labute approximate surface area is 197 Å². The van der Waals surface area contributed by atoms with E-state index >= 15 is 0 Å². The molecule has 2 aromatic carbocycles. The first kappa shape index (κ1) is 22.4. The summed E-state index contributed by atoms with van der Waals surface area (Å²) < 4.78 is 9.70. The number of aryl methyl sites for hydroxylation is 2. The molecule has 0 aliphatic carbocycles. The molecule has 33 heavy (non-hydrogen) atoms. The van der Waals surface area contributed by atoms with Gasteiger partial charge < -0.3 is 10.1 Å². The molecule has 0 saturated carbocycles. The molecule has 0 saturated heterocycles. The average molecular weight is 460 g/mol. The Bertz CT molecular complexity index is 1300. The van der Waals surface area contributed by atoms with E-state index in [0.717, 1.165) is 22.4 Å². The topological polar surface area (TPSA) is 74.0 Å². The first-order valence-corrected chi connectivity index (χ1v) is 11.0. The van der Waals surface area contributed by atoms with Gasteiger partial charge >= 0.3 is 0 Å². The number of hydrogen-bond donors (Lipinski definition) is 1. The minimum Gasteiger partial charge on any atom is -0.496 e. The third kappa shape index (κ3) is 5.18. The maximum atomic E-state index is 12.4. The number of carbonyl (C=O) groups excluding carboxylic acids is 1. The number of para-hydroxylation sites is 1. The molecule has 1 N–H and O–H groups in total. The predicted molar refractivity (Wildman–Crippen MR) is 130 cm³/mol. The number of nitrogens with zero attached hydrogens (tertiary/aromatic N) is 4. The van der Waals surface area contributed by atoms with E-state index in [2.05, 4.69) is 10.3 Å². The van der Waals surface area contributed by atoms with E-state index in [1.165, 1.54) is 0 Å². The quantitative estimate of drug-likeness (QED) is 0.393. The van der Waals surface area contributed by atoms with Gasteiger partial charge in [-0.25, -0.2) is 4.68 Å². The summed E-state index contributed by atoms with van der Waals surface area (Å²) in [6.07, 6.45) is 3.67. The molecule has 4 aromatic rings. The molecule has 2 heterocycles. The average Bonchev–Trinajstić information content (AvgIpc) is 3.18. The highest BCUT2D eigenvalue weighted by molar-refractivity contribution is 7.71. The predicted octanol–water partition coefficient (Wildman–Crippen LogP) is 4.49. The zero-order valence-electron chi connectivity index (χ0n) is 18.6. The Morgan fingerprint density at radius 1 is 1.06 bits per heavy atom. The van der Waals surface area contributed by atoms with Crippen LogP contribution in [-0.4, -0.2) is 32.3 Å². The second kappa shape index (κ2) is 10.2. The van der Waals surface area contributed by atoms with Gasteiger partial charge in [0.25, 0.3) is 0 Å². The van der Waals surface area contributed by atoms with Crippen LogP contribution < -0.4 is 10.1 Å². The summed E-state index contributed by atoms with van der Waals surface area (Å²) in [7, 11) is 1.63. The molecule has 0 radical (unpaired) electrons. The summed E-state index contributed by atoms with van der Waals surface area (Å²) in [6, 6.07) is 19.5. The van der Waals surface area contributed by atoms with Gasteiger partial charge in [-0.1, -0.05) is 29.8 Å². The molecule has 0 bridgehead atoms. The third-order valence-electron chi connectivity index (χ3n) is 5.27. The van der Waals surface area contributed by atoms with Crippen molar-refractivity contribution in [2.75, 3.05) is 7.11 Å². The minimum absolute atomic E-state index is 0.0718. The molecule has 0 unspecified atom stereocenters. The number of carbonyl (C=O) groups is 1. The Morgan fingerprint density at radius 3 is 2.52 bits per heavy atom. The van der Waals surface area contributed by atoms with Crippen molar-refractivity contribution < 1.29 is 9.53 Å². The molecular weight excluding hydrogens is 434 g/mol. The summed E-state index contributed by atoms with van der Waals surface area (Å²) in [5.74, 6) is 1.30. The Morgan fingerprint density at radius 2 is 1.79 bits per heavy atom. The van der Waals surface area contributed by atoms with Gasteiger partial charge in [0.1, 0.15) is 5.75 Å². The summed E-state index contributed by atoms with van der Waals surface area (Å²) in [6.45, 7) is 2.86. The SMILES string of the molecule is COc1ccccc1-c1nn(CCC(=O)NCc2ccncc2)c(=S)n1-c1ccc(C)cc1. The number of pyridine rings is 1. The van der Waals surface area contributed by atoms with Gasteiger partial charge in [-0.15, -0.1) is 0 Å². The van der Waals surface area contributed by atoms with Gasteiger partial charge in [0.05, 0.1) is 19.2 Å². The van der Waals surface area contributed by atoms with Gasteiger partial charge in [0.2, 0.25) is 10.7 Å². The highest BCUT2D eigenvalue weighted by atomic mass is 32.1. The molecule has 8 heteroatoms. The Balaban J connectivity index is 1.62. The molecular formula is C25H25N5O2S. The van der Waals surface area contributed by atoms with Crippen molar-refractivity contribution in [3.8, 4) is 22.8 Å². The standard InChI is InChI=1S/C25H25N5O2S/c1-18-7-9-20(10-8-18)30-24(21-5-3-4-6-22(21)32-2)28-29(25(30)33)16-13-23(31)27-17-19-11-14-26-15-12-19/h3-12,14-15H,13,16-17H2,1-2H3,(H,27,31). The molecule has 4 rings (SSSR count). The number of ether oxygens (including phenoxy) is 1. The maximum Gasteiger partial charge on any atom is 0.222 e. The number of methoxy groups -OCH3 is 1. The number of hydrogen-bond acceptors (Lipinski definition) is 5. The van der Waals surface area contributed by atoms with Crippen LogP contribution in [0.5, 0.6) is 5.75 Å². The lowest BCUT2D eigenvalue weighted by Gasteiger charge is -2.10. The fourth-order valence-corrected chi connectivity index (χ4v) is 3.80. The molecule has 0 aliphatic heterocycles. The Hall–Kier alpha value is -3.78. The molecule has 7 nitrogen and oxygen atoms in total. The Kier molecular flexibility index (Phi) is 6.95. The lowest BCUT2D eigenvalue weighted by atomic mass is 10.1. The van der Waals surface area contributed by atoms with Crippen LogP contribution in [0, 0.1) is 11.7 Å². The molecule has 0 fully saturated rings. The van der Waals surface area contributed by atoms with Crippen molar-refractivity contribution in [2.24, 2.45) is 0 Å². The number of nitrogens with one attached hydrogen (secondary N) is 1. The lowest BCUT2D eigenvalue weighted by molar-refractivity contribution is -0.121. The number of aromatic nitrogens is 4. The van der Waals surface area contributed by atoms with Crippen LogP contribution in [0.15, 0.2) is 73.1 Å². The first-order valence-electron chi connectivity index (χ1n) is 10.6. The van der Waals surface area contributed by atoms with Crippen molar-refractivity contribution in [1.29, 1.82) is 0 Å². The fourth-order valence-electron chi connectivity index (χ4n) is 3.48. The van der Waals surface area contributed by atoms with Gasteiger partial charge in [-0.05, 0) is 61.1 Å². The molecule has 0 atom stereocenters. The zero-order valence-corrected chi connectivity index (χ0v) is 19.4. The van der Waals surface area contributed by atoms with Crippen LogP contribution in [0.25, 0.3) is 17.1 Å². The van der Waals surface area contributed by atoms with Crippen molar-refractivity contribution in [3.05, 3.63) is 89.0 Å². The van der Waals surface area contributed by atoms with Crippen LogP contribution in [0.3, 0.4) is 0 Å². The monoisotopic (exact) mass is 459 g/mol. The van der Waals surface area contributed by atoms with Crippen molar-refractivity contribution in [2.45, 2.75) is 26.4 Å². The maximum absolute atomic E-state index is 12.4. The van der Waals surface area contributed by atoms with Crippen LogP contribution in [-0.2, 0) is 17.9 Å². The van der Waals surface area contributed by atoms with Crippen LogP contribution in [0.1, 0.15) is 17.5 Å². The van der Waals surface area contributed by atoms with E-state index in [4.69, 9.17) is 22.1 Å². The summed E-state index contributed by atoms with van der Waals surface area (Å²) >= 11 is 5.78. The van der Waals surface area contributed by atoms with Crippen LogP contribution in [0.2, 0.25) is 0 Å². The van der Waals surface area contributed by atoms with E-state index in [9.17, 15) is 4.79 Å². The molecule has 0 spiro atoms. The summed E-state index contributed by atoms with van der Waals surface area (Å²) in [5.41, 5.74) is 3.88. The van der Waals surface area contributed by atoms with Crippen molar-refractivity contribution in [3.63, 3.8) is 0 Å². The van der Waals surface area contributed by atoms with E-state index < -0.39 is 0 Å². The highest BCUT2D eigenvalue weighted by Gasteiger charge is 2.18. The van der Waals surface area contributed by atoms with E-state index in [-0.39, 0.29) is 12.3 Å². The molecule has 2 aromatic heterocycles. The molecule has 1 amide bonds. The number of benzene rings is 2. The highest BCUT2D eigenvalue weighted by Crippen LogP contribution is 2.30. The first-order chi connectivity index (χ1) is 16.1. The number of amides is 1. The van der Waals surface area contributed by atoms with E-state index in [1.54, 1.807) is 24.2 Å². The number of rotatable bonds is 8. The van der Waals surface area contributed by atoms with Crippen LogP contribution >= 0.6 is 12.2 Å². The lowest BCUT2D eigenvalue weighted by Crippen LogP contribution is -2.24. The van der Waals surface area contributed by atoms with Gasteiger partial charge in [0.15, 0.2) is 5.82 Å².